The maximum atomic E-state index is 11.9. The fourth-order valence-electron chi connectivity index (χ4n) is 2.18. The number of benzene rings is 1. The van der Waals surface area contributed by atoms with Gasteiger partial charge in [-0.25, -0.2) is 4.79 Å². The standard InChI is InChI=1S/C13H15ClN2O4/c14-15(10-6-8-11(9-7-10)16(18)19)13(17)20-12-4-2-1-3-5-12/h6-9,12H,1-5H2. The number of carbonyl (C=O) groups excluding carboxylic acids is 1. The molecular weight excluding hydrogens is 284 g/mol. The van der Waals surface area contributed by atoms with E-state index in [1.54, 1.807) is 0 Å². The lowest BCUT2D eigenvalue weighted by molar-refractivity contribution is -0.384. The van der Waals surface area contributed by atoms with Crippen LogP contribution in [0.4, 0.5) is 16.2 Å². The van der Waals surface area contributed by atoms with Gasteiger partial charge in [0.1, 0.15) is 6.10 Å². The minimum absolute atomic E-state index is 0.0561. The summed E-state index contributed by atoms with van der Waals surface area (Å²) >= 11 is 5.90. The number of amides is 1. The minimum atomic E-state index is -0.646. The summed E-state index contributed by atoms with van der Waals surface area (Å²) in [6, 6.07) is 5.40. The number of hydrogen-bond donors (Lipinski definition) is 0. The lowest BCUT2D eigenvalue weighted by Crippen LogP contribution is -2.28. The first-order chi connectivity index (χ1) is 9.58. The van der Waals surface area contributed by atoms with Crippen LogP contribution in [0.3, 0.4) is 0 Å². The van der Waals surface area contributed by atoms with E-state index < -0.39 is 11.0 Å². The second kappa shape index (κ2) is 6.56. The number of ether oxygens (including phenoxy) is 1. The van der Waals surface area contributed by atoms with Crippen molar-refractivity contribution < 1.29 is 14.5 Å². The van der Waals surface area contributed by atoms with E-state index in [9.17, 15) is 14.9 Å². The third kappa shape index (κ3) is 3.60. The molecule has 1 aromatic rings. The van der Waals surface area contributed by atoms with Crippen LogP contribution in [-0.4, -0.2) is 17.1 Å². The summed E-state index contributed by atoms with van der Waals surface area (Å²) in [6.07, 6.45) is 4.26. The normalized spacial score (nSPS) is 15.7. The van der Waals surface area contributed by atoms with E-state index >= 15 is 0 Å². The van der Waals surface area contributed by atoms with E-state index in [0.717, 1.165) is 30.1 Å². The van der Waals surface area contributed by atoms with Crippen molar-refractivity contribution >= 4 is 29.2 Å². The van der Waals surface area contributed by atoms with Crippen LogP contribution in [0.2, 0.25) is 0 Å². The SMILES string of the molecule is O=C(OC1CCCCC1)N(Cl)c1ccc([N+](=O)[O-])cc1. The lowest BCUT2D eigenvalue weighted by atomic mass is 9.98. The molecule has 0 unspecified atom stereocenters. The molecule has 0 spiro atoms. The largest absolute Gasteiger partial charge is 0.445 e. The molecule has 1 aliphatic rings. The van der Waals surface area contributed by atoms with Crippen LogP contribution in [0.25, 0.3) is 0 Å². The summed E-state index contributed by atoms with van der Waals surface area (Å²) in [5.74, 6) is 0. The Balaban J connectivity index is 1.96. The average molecular weight is 299 g/mol. The van der Waals surface area contributed by atoms with Crippen LogP contribution in [0.1, 0.15) is 32.1 Å². The van der Waals surface area contributed by atoms with Crippen molar-refractivity contribution in [3.8, 4) is 0 Å². The highest BCUT2D eigenvalue weighted by Crippen LogP contribution is 2.25. The molecular formula is C13H15ClN2O4. The molecule has 1 amide bonds. The van der Waals surface area contributed by atoms with Crippen LogP contribution in [0, 0.1) is 10.1 Å². The minimum Gasteiger partial charge on any atom is -0.445 e. The monoisotopic (exact) mass is 298 g/mol. The van der Waals surface area contributed by atoms with Crippen molar-refractivity contribution in [1.82, 2.24) is 0 Å². The first kappa shape index (κ1) is 14.6. The Hall–Kier alpha value is -1.82. The number of hydrogen-bond acceptors (Lipinski definition) is 4. The zero-order chi connectivity index (χ0) is 14.5. The van der Waals surface area contributed by atoms with Crippen LogP contribution >= 0.6 is 11.8 Å². The van der Waals surface area contributed by atoms with Crippen LogP contribution in [0.5, 0.6) is 0 Å². The Labute approximate surface area is 121 Å². The smallest absolute Gasteiger partial charge is 0.429 e. The fraction of sp³-hybridized carbons (Fsp3) is 0.462. The third-order valence-corrected chi connectivity index (χ3v) is 3.60. The molecule has 2 rings (SSSR count). The van der Waals surface area contributed by atoms with Gasteiger partial charge < -0.3 is 4.74 Å². The molecule has 108 valence electrons. The Bertz CT molecular complexity index is 486. The maximum Gasteiger partial charge on any atom is 0.429 e. The molecule has 0 atom stereocenters. The second-order valence-corrected chi connectivity index (χ2v) is 5.04. The summed E-state index contributed by atoms with van der Waals surface area (Å²) < 4.78 is 6.15. The van der Waals surface area contributed by atoms with Gasteiger partial charge in [-0.2, -0.15) is 4.42 Å². The first-order valence-corrected chi connectivity index (χ1v) is 6.82. The molecule has 1 aromatic carbocycles. The van der Waals surface area contributed by atoms with Gasteiger partial charge in [-0.1, -0.05) is 6.42 Å². The molecule has 0 bridgehead atoms. The topological polar surface area (TPSA) is 72.7 Å². The van der Waals surface area contributed by atoms with E-state index in [4.69, 9.17) is 16.5 Å². The molecule has 0 aliphatic heterocycles. The van der Waals surface area contributed by atoms with Crippen molar-refractivity contribution in [3.05, 3.63) is 34.4 Å². The van der Waals surface area contributed by atoms with Crippen molar-refractivity contribution in [2.75, 3.05) is 4.42 Å². The van der Waals surface area contributed by atoms with Crippen LogP contribution in [0.15, 0.2) is 24.3 Å². The highest BCUT2D eigenvalue weighted by atomic mass is 35.5. The number of nitrogens with zero attached hydrogens (tertiary/aromatic N) is 2. The second-order valence-electron chi connectivity index (χ2n) is 4.70. The van der Waals surface area contributed by atoms with E-state index in [-0.39, 0.29) is 11.8 Å². The predicted molar refractivity (Wildman–Crippen MR) is 74.8 cm³/mol. The molecule has 6 nitrogen and oxygen atoms in total. The van der Waals surface area contributed by atoms with Crippen molar-refractivity contribution in [2.24, 2.45) is 0 Å². The fourth-order valence-corrected chi connectivity index (χ4v) is 2.33. The number of halogens is 1. The van der Waals surface area contributed by atoms with Crippen molar-refractivity contribution in [1.29, 1.82) is 0 Å². The molecule has 1 fully saturated rings. The maximum absolute atomic E-state index is 11.9. The van der Waals surface area contributed by atoms with Gasteiger partial charge >= 0.3 is 6.09 Å². The van der Waals surface area contributed by atoms with Gasteiger partial charge in [-0.05, 0) is 37.8 Å². The zero-order valence-corrected chi connectivity index (χ0v) is 11.6. The molecule has 7 heteroatoms. The molecule has 0 N–H and O–H groups in total. The van der Waals surface area contributed by atoms with Gasteiger partial charge in [0.15, 0.2) is 0 Å². The number of nitro groups is 1. The highest BCUT2D eigenvalue weighted by molar-refractivity contribution is 6.35. The molecule has 0 saturated heterocycles. The van der Waals surface area contributed by atoms with E-state index in [1.807, 2.05) is 0 Å². The van der Waals surface area contributed by atoms with Gasteiger partial charge in [-0.3, -0.25) is 10.1 Å². The molecule has 0 heterocycles. The van der Waals surface area contributed by atoms with Gasteiger partial charge in [-0.15, -0.1) is 0 Å². The lowest BCUT2D eigenvalue weighted by Gasteiger charge is -2.23. The molecule has 1 saturated carbocycles. The molecule has 20 heavy (non-hydrogen) atoms. The number of rotatable bonds is 3. The third-order valence-electron chi connectivity index (χ3n) is 3.27. The summed E-state index contributed by atoms with van der Waals surface area (Å²) in [6.45, 7) is 0. The quantitative estimate of drug-likeness (QED) is 0.480. The Morgan fingerprint density at radius 2 is 1.85 bits per heavy atom. The van der Waals surface area contributed by atoms with Crippen LogP contribution < -0.4 is 4.42 Å². The number of anilines is 1. The van der Waals surface area contributed by atoms with Gasteiger partial charge in [0.2, 0.25) is 0 Å². The molecule has 0 aromatic heterocycles. The predicted octanol–water partition coefficient (Wildman–Crippen LogP) is 4.02. The van der Waals surface area contributed by atoms with Gasteiger partial charge in [0.05, 0.1) is 10.6 Å². The first-order valence-electron chi connectivity index (χ1n) is 6.49. The van der Waals surface area contributed by atoms with Crippen molar-refractivity contribution in [2.45, 2.75) is 38.2 Å². The average Bonchev–Trinajstić information content (AvgIpc) is 2.47. The summed E-state index contributed by atoms with van der Waals surface area (Å²) in [7, 11) is 0. The van der Waals surface area contributed by atoms with Crippen LogP contribution in [-0.2, 0) is 4.74 Å². The van der Waals surface area contributed by atoms with E-state index in [1.165, 1.54) is 30.7 Å². The number of non-ortho nitro benzene ring substituents is 1. The summed E-state index contributed by atoms with van der Waals surface area (Å²) in [4.78, 5) is 21.9. The summed E-state index contributed by atoms with van der Waals surface area (Å²) in [5.41, 5.74) is 0.289. The Kier molecular flexibility index (Phi) is 4.79. The van der Waals surface area contributed by atoms with Gasteiger partial charge in [0, 0.05) is 23.9 Å². The van der Waals surface area contributed by atoms with E-state index in [2.05, 4.69) is 0 Å². The van der Waals surface area contributed by atoms with E-state index in [0.29, 0.717) is 5.69 Å². The zero-order valence-electron chi connectivity index (χ0n) is 10.8. The Morgan fingerprint density at radius 3 is 2.40 bits per heavy atom. The molecule has 0 radical (unpaired) electrons. The van der Waals surface area contributed by atoms with Crippen molar-refractivity contribution in [3.63, 3.8) is 0 Å². The molecule has 1 aliphatic carbocycles. The number of carbonyl (C=O) groups is 1. The van der Waals surface area contributed by atoms with Gasteiger partial charge in [0.25, 0.3) is 5.69 Å². The highest BCUT2D eigenvalue weighted by Gasteiger charge is 2.22. The Morgan fingerprint density at radius 1 is 1.25 bits per heavy atom. The summed E-state index contributed by atoms with van der Waals surface area (Å²) in [5, 5.41) is 10.5. The number of nitro benzene ring substituents is 1.